The molecule has 2 aromatic heterocycles. The van der Waals surface area contributed by atoms with Crippen LogP contribution in [0.25, 0.3) is 5.82 Å². The molecule has 0 fully saturated rings. The summed E-state index contributed by atoms with van der Waals surface area (Å²) in [6, 6.07) is 8.92. The van der Waals surface area contributed by atoms with Crippen LogP contribution in [0.2, 0.25) is 5.02 Å². The maximum atomic E-state index is 12.5. The molecule has 1 aromatic carbocycles. The van der Waals surface area contributed by atoms with Crippen molar-refractivity contribution in [1.29, 1.82) is 0 Å². The maximum Gasteiger partial charge on any atom is 0.359 e. The molecule has 33 heavy (non-hydrogen) atoms. The third-order valence-corrected chi connectivity index (χ3v) is 4.64. The number of halogens is 1. The maximum absolute atomic E-state index is 12.5. The molecule has 0 spiro atoms. The number of carbonyl (C=O) groups is 2. The molecule has 0 aliphatic heterocycles. The lowest BCUT2D eigenvalue weighted by Gasteiger charge is -2.10. The van der Waals surface area contributed by atoms with Crippen molar-refractivity contribution in [1.82, 2.24) is 14.8 Å². The van der Waals surface area contributed by atoms with E-state index in [9.17, 15) is 19.7 Å². The highest BCUT2D eigenvalue weighted by Gasteiger charge is 2.20. The van der Waals surface area contributed by atoms with Gasteiger partial charge in [0.1, 0.15) is 11.4 Å². The summed E-state index contributed by atoms with van der Waals surface area (Å²) in [7, 11) is 0. The Labute approximate surface area is 193 Å². The van der Waals surface area contributed by atoms with Gasteiger partial charge >= 0.3 is 5.97 Å². The first-order chi connectivity index (χ1) is 15.7. The summed E-state index contributed by atoms with van der Waals surface area (Å²) < 4.78 is 11.8. The van der Waals surface area contributed by atoms with E-state index < -0.39 is 23.4 Å². The number of nitro benzene ring substituents is 1. The van der Waals surface area contributed by atoms with Gasteiger partial charge < -0.3 is 14.8 Å². The number of ether oxygens (including phenoxy) is 2. The summed E-state index contributed by atoms with van der Waals surface area (Å²) >= 11 is 6.08. The van der Waals surface area contributed by atoms with Crippen molar-refractivity contribution in [2.75, 3.05) is 18.5 Å². The fourth-order valence-corrected chi connectivity index (χ4v) is 3.15. The molecule has 172 valence electrons. The van der Waals surface area contributed by atoms with Gasteiger partial charge in [-0.2, -0.15) is 5.10 Å². The number of amides is 1. The Balaban J connectivity index is 1.70. The smallest absolute Gasteiger partial charge is 0.359 e. The number of nitro groups is 1. The molecule has 3 aromatic rings. The molecule has 0 unspecified atom stereocenters. The largest absolute Gasteiger partial charge is 0.494 e. The van der Waals surface area contributed by atoms with Gasteiger partial charge in [-0.25, -0.2) is 14.5 Å². The van der Waals surface area contributed by atoms with Gasteiger partial charge in [-0.15, -0.1) is 0 Å². The van der Waals surface area contributed by atoms with Gasteiger partial charge in [-0.3, -0.25) is 14.9 Å². The van der Waals surface area contributed by atoms with Crippen molar-refractivity contribution < 1.29 is 24.0 Å². The number of anilines is 1. The predicted octanol–water partition coefficient (Wildman–Crippen LogP) is 3.64. The minimum absolute atomic E-state index is 0.0350. The first-order valence-electron chi connectivity index (χ1n) is 9.78. The standard InChI is InChI=1S/C21H20ClN5O6/c1-4-32-14-5-7-16(17(10-14)27(30)31)23-19(28)11-33-21(29)20-15(22)6-8-18(24-20)26-13(3)9-12(2)25-26/h5-10H,4,11H2,1-3H3,(H,23,28). The average Bonchev–Trinajstić information content (AvgIpc) is 3.11. The van der Waals surface area contributed by atoms with Crippen molar-refractivity contribution in [2.45, 2.75) is 20.8 Å². The molecule has 1 amide bonds. The Bertz CT molecular complexity index is 1230. The summed E-state index contributed by atoms with van der Waals surface area (Å²) in [6.45, 7) is 5.02. The predicted molar refractivity (Wildman–Crippen MR) is 119 cm³/mol. The van der Waals surface area contributed by atoms with Crippen LogP contribution in [0.3, 0.4) is 0 Å². The monoisotopic (exact) mass is 473 g/mol. The van der Waals surface area contributed by atoms with Crippen LogP contribution < -0.4 is 10.1 Å². The Morgan fingerprint density at radius 2 is 1.97 bits per heavy atom. The highest BCUT2D eigenvalue weighted by Crippen LogP contribution is 2.29. The zero-order chi connectivity index (χ0) is 24.1. The van der Waals surface area contributed by atoms with Crippen LogP contribution in [0.15, 0.2) is 36.4 Å². The number of benzene rings is 1. The normalized spacial score (nSPS) is 10.5. The molecule has 0 bridgehead atoms. The minimum atomic E-state index is -0.931. The van der Waals surface area contributed by atoms with Gasteiger partial charge in [-0.1, -0.05) is 11.6 Å². The van der Waals surface area contributed by atoms with Gasteiger partial charge in [0.2, 0.25) is 0 Å². The quantitative estimate of drug-likeness (QED) is 0.297. The summed E-state index contributed by atoms with van der Waals surface area (Å²) in [5, 5.41) is 18.0. The second-order valence-electron chi connectivity index (χ2n) is 6.83. The second kappa shape index (κ2) is 10.1. The van der Waals surface area contributed by atoms with Gasteiger partial charge in [0.15, 0.2) is 18.1 Å². The van der Waals surface area contributed by atoms with Crippen LogP contribution >= 0.6 is 11.6 Å². The number of nitrogens with one attached hydrogen (secondary N) is 1. The molecule has 1 N–H and O–H groups in total. The van der Waals surface area contributed by atoms with Crippen molar-refractivity contribution in [2.24, 2.45) is 0 Å². The summed E-state index contributed by atoms with van der Waals surface area (Å²) in [6.07, 6.45) is 0. The first-order valence-corrected chi connectivity index (χ1v) is 10.2. The zero-order valence-electron chi connectivity index (χ0n) is 18.0. The molecule has 0 atom stereocenters. The van der Waals surface area contributed by atoms with Crippen molar-refractivity contribution in [3.63, 3.8) is 0 Å². The van der Waals surface area contributed by atoms with Gasteiger partial charge in [0, 0.05) is 5.69 Å². The van der Waals surface area contributed by atoms with Crippen LogP contribution in [-0.2, 0) is 9.53 Å². The molecule has 3 rings (SSSR count). The number of hydrogen-bond donors (Lipinski definition) is 1. The van der Waals surface area contributed by atoms with Crippen LogP contribution in [0, 0.1) is 24.0 Å². The van der Waals surface area contributed by atoms with Crippen LogP contribution in [0.1, 0.15) is 28.8 Å². The van der Waals surface area contributed by atoms with E-state index in [1.54, 1.807) is 17.7 Å². The minimum Gasteiger partial charge on any atom is -0.494 e. The summed E-state index contributed by atoms with van der Waals surface area (Å²) in [5.41, 5.74) is 0.961. The number of esters is 1. The van der Waals surface area contributed by atoms with Crippen molar-refractivity contribution in [3.05, 3.63) is 68.6 Å². The molecule has 12 heteroatoms. The van der Waals surface area contributed by atoms with Gasteiger partial charge in [0.05, 0.1) is 28.3 Å². The molecular formula is C21H20ClN5O6. The summed E-state index contributed by atoms with van der Waals surface area (Å²) in [5.74, 6) is -1.07. The van der Waals surface area contributed by atoms with E-state index in [1.807, 2.05) is 19.9 Å². The van der Waals surface area contributed by atoms with Crippen LogP contribution in [-0.4, -0.2) is 44.8 Å². The average molecular weight is 474 g/mol. The lowest BCUT2D eigenvalue weighted by molar-refractivity contribution is -0.384. The molecule has 0 saturated heterocycles. The van der Waals surface area contributed by atoms with Crippen molar-refractivity contribution >= 4 is 34.9 Å². The first kappa shape index (κ1) is 23.7. The molecule has 0 saturated carbocycles. The molecule has 0 aliphatic rings. The van der Waals surface area contributed by atoms with E-state index >= 15 is 0 Å². The second-order valence-corrected chi connectivity index (χ2v) is 7.24. The van der Waals surface area contributed by atoms with E-state index in [2.05, 4.69) is 15.4 Å². The van der Waals surface area contributed by atoms with E-state index in [1.165, 1.54) is 24.3 Å². The molecule has 11 nitrogen and oxygen atoms in total. The number of hydrogen-bond acceptors (Lipinski definition) is 8. The van der Waals surface area contributed by atoms with Crippen molar-refractivity contribution in [3.8, 4) is 11.6 Å². The Hall–Kier alpha value is -3.99. The molecule has 0 radical (unpaired) electrons. The SMILES string of the molecule is CCOc1ccc(NC(=O)COC(=O)c2nc(-n3nc(C)cc3C)ccc2Cl)c([N+](=O)[O-])c1. The summed E-state index contributed by atoms with van der Waals surface area (Å²) in [4.78, 5) is 39.6. The zero-order valence-corrected chi connectivity index (χ0v) is 18.8. The van der Waals surface area contributed by atoms with E-state index in [4.69, 9.17) is 21.1 Å². The van der Waals surface area contributed by atoms with E-state index in [-0.39, 0.29) is 27.8 Å². The van der Waals surface area contributed by atoms with Gasteiger partial charge in [-0.05, 0) is 51.1 Å². The Morgan fingerprint density at radius 3 is 2.61 bits per heavy atom. The van der Waals surface area contributed by atoms with E-state index in [0.717, 1.165) is 11.4 Å². The number of aromatic nitrogens is 3. The van der Waals surface area contributed by atoms with E-state index in [0.29, 0.717) is 12.4 Å². The third-order valence-electron chi connectivity index (χ3n) is 4.34. The Kier molecular flexibility index (Phi) is 7.23. The number of carbonyl (C=O) groups excluding carboxylic acids is 2. The molecule has 2 heterocycles. The van der Waals surface area contributed by atoms with Crippen LogP contribution in [0.4, 0.5) is 11.4 Å². The lowest BCUT2D eigenvalue weighted by Crippen LogP contribution is -2.22. The fraction of sp³-hybridized carbons (Fsp3) is 0.238. The topological polar surface area (TPSA) is 138 Å². The number of rotatable bonds is 8. The molecular weight excluding hydrogens is 454 g/mol. The highest BCUT2D eigenvalue weighted by molar-refractivity contribution is 6.33. The van der Waals surface area contributed by atoms with Gasteiger partial charge in [0.25, 0.3) is 11.6 Å². The lowest BCUT2D eigenvalue weighted by atomic mass is 10.2. The third kappa shape index (κ3) is 5.63. The Morgan fingerprint density at radius 1 is 1.21 bits per heavy atom. The highest BCUT2D eigenvalue weighted by atomic mass is 35.5. The number of nitrogens with zero attached hydrogens (tertiary/aromatic N) is 4. The number of aryl methyl sites for hydroxylation is 2. The van der Waals surface area contributed by atoms with Crippen LogP contribution in [0.5, 0.6) is 5.75 Å². The fourth-order valence-electron chi connectivity index (χ4n) is 2.96. The number of pyridine rings is 1. The molecule has 0 aliphatic carbocycles.